The standard InChI is InChI=1S/C12H11NO3S2/c1-13-9-6-7-17-12(9)11(14)8-4-2-3-5-10(8)18(13,15)16/h2-7,9,12H,1H3. The fourth-order valence-electron chi connectivity index (χ4n) is 2.28. The van der Waals surface area contributed by atoms with Crippen LogP contribution >= 0.6 is 11.8 Å². The highest BCUT2D eigenvalue weighted by Crippen LogP contribution is 2.37. The quantitative estimate of drug-likeness (QED) is 0.723. The Labute approximate surface area is 110 Å². The number of benzene rings is 1. The van der Waals surface area contributed by atoms with Crippen LogP contribution in [0.3, 0.4) is 0 Å². The van der Waals surface area contributed by atoms with Gasteiger partial charge < -0.3 is 0 Å². The zero-order chi connectivity index (χ0) is 12.9. The van der Waals surface area contributed by atoms with Gasteiger partial charge in [0.1, 0.15) is 0 Å². The molecule has 0 spiro atoms. The summed E-state index contributed by atoms with van der Waals surface area (Å²) in [6.45, 7) is 0. The number of rotatable bonds is 0. The van der Waals surface area contributed by atoms with Crippen LogP contribution in [0.15, 0.2) is 40.6 Å². The van der Waals surface area contributed by atoms with Crippen LogP contribution in [0.25, 0.3) is 0 Å². The van der Waals surface area contributed by atoms with E-state index in [1.54, 1.807) is 29.7 Å². The largest absolute Gasteiger partial charge is 0.293 e. The van der Waals surface area contributed by atoms with E-state index in [0.717, 1.165) is 0 Å². The fourth-order valence-corrected chi connectivity index (χ4v) is 4.99. The predicted octanol–water partition coefficient (Wildman–Crippen LogP) is 1.50. The minimum absolute atomic E-state index is 0.112. The number of hydrogen-bond donors (Lipinski definition) is 0. The van der Waals surface area contributed by atoms with Gasteiger partial charge in [-0.15, -0.1) is 11.8 Å². The highest BCUT2D eigenvalue weighted by molar-refractivity contribution is 8.03. The molecule has 0 radical (unpaired) electrons. The highest BCUT2D eigenvalue weighted by atomic mass is 32.2. The number of ketones is 1. The van der Waals surface area contributed by atoms with E-state index in [-0.39, 0.29) is 22.0 Å². The lowest BCUT2D eigenvalue weighted by Gasteiger charge is -2.23. The van der Waals surface area contributed by atoms with Crippen LogP contribution in [0.5, 0.6) is 0 Å². The average molecular weight is 281 g/mol. The maximum atomic E-state index is 12.4. The van der Waals surface area contributed by atoms with Crippen LogP contribution < -0.4 is 0 Å². The van der Waals surface area contributed by atoms with Gasteiger partial charge in [-0.3, -0.25) is 4.79 Å². The Balaban J connectivity index is 2.30. The molecule has 4 nitrogen and oxygen atoms in total. The molecule has 2 heterocycles. The number of sulfonamides is 1. The Morgan fingerprint density at radius 3 is 2.78 bits per heavy atom. The number of likely N-dealkylation sites (N-methyl/N-ethyl adjacent to an activating group) is 1. The number of Topliss-reactive ketones (excluding diaryl/α,β-unsaturated/α-hetero) is 1. The molecule has 0 saturated heterocycles. The first-order valence-corrected chi connectivity index (χ1v) is 7.85. The van der Waals surface area contributed by atoms with Gasteiger partial charge in [0.25, 0.3) is 0 Å². The minimum Gasteiger partial charge on any atom is -0.293 e. The van der Waals surface area contributed by atoms with E-state index >= 15 is 0 Å². The van der Waals surface area contributed by atoms with E-state index in [1.165, 1.54) is 29.2 Å². The molecule has 2 atom stereocenters. The Kier molecular flexibility index (Phi) is 2.62. The van der Waals surface area contributed by atoms with Gasteiger partial charge in [0.05, 0.1) is 16.2 Å². The van der Waals surface area contributed by atoms with E-state index in [2.05, 4.69) is 0 Å². The van der Waals surface area contributed by atoms with Crippen LogP contribution in [-0.4, -0.2) is 36.8 Å². The van der Waals surface area contributed by atoms with Crippen molar-refractivity contribution in [3.63, 3.8) is 0 Å². The van der Waals surface area contributed by atoms with Crippen molar-refractivity contribution in [2.75, 3.05) is 7.05 Å². The third-order valence-corrected chi connectivity index (χ3v) is 6.31. The van der Waals surface area contributed by atoms with Crippen LogP contribution in [0.4, 0.5) is 0 Å². The van der Waals surface area contributed by atoms with Crippen molar-refractivity contribution in [1.29, 1.82) is 0 Å². The van der Waals surface area contributed by atoms with Crippen molar-refractivity contribution in [2.24, 2.45) is 0 Å². The Hall–Kier alpha value is -1.11. The zero-order valence-corrected chi connectivity index (χ0v) is 11.2. The molecule has 3 rings (SSSR count). The molecule has 0 fully saturated rings. The summed E-state index contributed by atoms with van der Waals surface area (Å²) in [6, 6.07) is 6.03. The number of carbonyl (C=O) groups excluding carboxylic acids is 1. The molecule has 0 amide bonds. The molecule has 0 aliphatic carbocycles. The summed E-state index contributed by atoms with van der Waals surface area (Å²) < 4.78 is 26.2. The van der Waals surface area contributed by atoms with Crippen molar-refractivity contribution >= 4 is 27.6 Å². The van der Waals surface area contributed by atoms with Gasteiger partial charge in [-0.2, -0.15) is 4.31 Å². The third kappa shape index (κ3) is 1.49. The summed E-state index contributed by atoms with van der Waals surface area (Å²) in [6.07, 6.45) is 1.77. The zero-order valence-electron chi connectivity index (χ0n) is 9.61. The SMILES string of the molecule is CN1C2C=CSC2C(=O)c2ccccc2S1(=O)=O. The molecule has 0 saturated carbocycles. The maximum absolute atomic E-state index is 12.4. The lowest BCUT2D eigenvalue weighted by atomic mass is 10.0. The molecular formula is C12H11NO3S2. The van der Waals surface area contributed by atoms with Gasteiger partial charge in [0.15, 0.2) is 5.78 Å². The van der Waals surface area contributed by atoms with E-state index in [1.807, 2.05) is 0 Å². The number of nitrogens with zero attached hydrogens (tertiary/aromatic N) is 1. The third-order valence-electron chi connectivity index (χ3n) is 3.30. The van der Waals surface area contributed by atoms with E-state index in [9.17, 15) is 13.2 Å². The van der Waals surface area contributed by atoms with Crippen molar-refractivity contribution in [1.82, 2.24) is 4.31 Å². The number of thioether (sulfide) groups is 1. The van der Waals surface area contributed by atoms with Gasteiger partial charge in [0, 0.05) is 12.6 Å². The first-order valence-electron chi connectivity index (χ1n) is 5.47. The van der Waals surface area contributed by atoms with Crippen molar-refractivity contribution in [2.45, 2.75) is 16.2 Å². The first kappa shape index (κ1) is 12.0. The molecule has 0 N–H and O–H groups in total. The molecule has 2 unspecified atom stereocenters. The number of fused-ring (bicyclic) bond motifs is 2. The van der Waals surface area contributed by atoms with Crippen LogP contribution in [0.1, 0.15) is 10.4 Å². The summed E-state index contributed by atoms with van der Waals surface area (Å²) in [5.41, 5.74) is 0.299. The van der Waals surface area contributed by atoms with Crippen LogP contribution in [0.2, 0.25) is 0 Å². The van der Waals surface area contributed by atoms with Gasteiger partial charge in [-0.1, -0.05) is 18.2 Å². The molecule has 94 valence electrons. The second-order valence-electron chi connectivity index (χ2n) is 4.26. The van der Waals surface area contributed by atoms with E-state index < -0.39 is 10.0 Å². The van der Waals surface area contributed by atoms with Crippen molar-refractivity contribution < 1.29 is 13.2 Å². The molecular weight excluding hydrogens is 270 g/mol. The highest BCUT2D eigenvalue weighted by Gasteiger charge is 2.43. The molecule has 18 heavy (non-hydrogen) atoms. The van der Waals surface area contributed by atoms with E-state index in [4.69, 9.17) is 0 Å². The van der Waals surface area contributed by atoms with Crippen molar-refractivity contribution in [3.8, 4) is 0 Å². The smallest absolute Gasteiger partial charge is 0.244 e. The molecule has 0 aromatic heterocycles. The minimum atomic E-state index is -3.60. The Bertz CT molecular complexity index is 651. The summed E-state index contributed by atoms with van der Waals surface area (Å²) in [4.78, 5) is 12.5. The van der Waals surface area contributed by atoms with Crippen LogP contribution in [0, 0.1) is 0 Å². The lowest BCUT2D eigenvalue weighted by Crippen LogP contribution is -2.40. The van der Waals surface area contributed by atoms with Crippen molar-refractivity contribution in [3.05, 3.63) is 41.3 Å². The predicted molar refractivity (Wildman–Crippen MR) is 70.0 cm³/mol. The van der Waals surface area contributed by atoms with Gasteiger partial charge in [-0.05, 0) is 17.5 Å². The second kappa shape index (κ2) is 3.94. The van der Waals surface area contributed by atoms with Gasteiger partial charge in [0.2, 0.25) is 10.0 Å². The molecule has 1 aromatic rings. The summed E-state index contributed by atoms with van der Waals surface area (Å²) >= 11 is 1.38. The second-order valence-corrected chi connectivity index (χ2v) is 7.28. The summed E-state index contributed by atoms with van der Waals surface area (Å²) in [7, 11) is -2.07. The first-order chi connectivity index (χ1) is 8.53. The fraction of sp³-hybridized carbons (Fsp3) is 0.250. The molecule has 1 aromatic carbocycles. The molecule has 2 aliphatic rings. The van der Waals surface area contributed by atoms with Gasteiger partial charge in [-0.25, -0.2) is 8.42 Å². The summed E-state index contributed by atoms with van der Waals surface area (Å²) in [5, 5.41) is 1.43. The lowest BCUT2D eigenvalue weighted by molar-refractivity contribution is 0.0976. The Morgan fingerprint density at radius 1 is 1.28 bits per heavy atom. The molecule has 6 heteroatoms. The Morgan fingerprint density at radius 2 is 2.00 bits per heavy atom. The molecule has 2 aliphatic heterocycles. The summed E-state index contributed by atoms with van der Waals surface area (Å²) in [5.74, 6) is -0.112. The molecule has 0 bridgehead atoms. The normalized spacial score (nSPS) is 29.7. The van der Waals surface area contributed by atoms with Crippen LogP contribution in [-0.2, 0) is 10.0 Å². The number of carbonyl (C=O) groups is 1. The number of hydrogen-bond acceptors (Lipinski definition) is 4. The van der Waals surface area contributed by atoms with Gasteiger partial charge >= 0.3 is 0 Å². The van der Waals surface area contributed by atoms with E-state index in [0.29, 0.717) is 5.56 Å². The topological polar surface area (TPSA) is 54.5 Å². The average Bonchev–Trinajstić information content (AvgIpc) is 2.83. The monoisotopic (exact) mass is 281 g/mol. The maximum Gasteiger partial charge on any atom is 0.244 e.